The zero-order chi connectivity index (χ0) is 20.9. The number of benzene rings is 2. The van der Waals surface area contributed by atoms with Gasteiger partial charge in [-0.1, -0.05) is 29.8 Å². The smallest absolute Gasteiger partial charge is 0.238 e. The van der Waals surface area contributed by atoms with Crippen LogP contribution in [0.4, 0.5) is 5.69 Å². The van der Waals surface area contributed by atoms with Gasteiger partial charge in [-0.15, -0.1) is 10.2 Å². The number of carbonyl (C=O) groups excluding carboxylic acids is 1. The highest BCUT2D eigenvalue weighted by atomic mass is 16.5. The molecule has 150 valence electrons. The summed E-state index contributed by atoms with van der Waals surface area (Å²) in [6.45, 7) is 3.91. The highest BCUT2D eigenvalue weighted by Gasteiger charge is 2.07. The number of imidazole rings is 1. The van der Waals surface area contributed by atoms with Crippen molar-refractivity contribution in [1.82, 2.24) is 19.7 Å². The number of rotatable bonds is 6. The fourth-order valence-corrected chi connectivity index (χ4v) is 3.06. The Bertz CT molecular complexity index is 1150. The standard InChI is InChI=1S/C23H21N5O2/c1-16-4-3-5-18(14-16)15-22(29)25-19-6-8-20(9-7-19)30-23-11-10-21(26-27-23)28-13-12-24-17(28)2/h3-14H,15H2,1-2H3,(H,25,29). The fourth-order valence-electron chi connectivity index (χ4n) is 3.06. The SMILES string of the molecule is Cc1cccc(CC(=O)Nc2ccc(Oc3ccc(-n4ccnc4C)nn3)cc2)c1. The summed E-state index contributed by atoms with van der Waals surface area (Å²) < 4.78 is 7.58. The van der Waals surface area contributed by atoms with E-state index in [1.807, 2.05) is 54.9 Å². The predicted molar refractivity (Wildman–Crippen MR) is 114 cm³/mol. The van der Waals surface area contributed by atoms with Gasteiger partial charge in [0.2, 0.25) is 11.8 Å². The van der Waals surface area contributed by atoms with E-state index in [1.54, 1.807) is 36.5 Å². The number of carbonyl (C=O) groups is 1. The predicted octanol–water partition coefficient (Wildman–Crippen LogP) is 4.25. The number of anilines is 1. The van der Waals surface area contributed by atoms with E-state index in [1.165, 1.54) is 0 Å². The molecule has 0 atom stereocenters. The molecule has 0 aliphatic heterocycles. The highest BCUT2D eigenvalue weighted by molar-refractivity contribution is 5.92. The first-order chi connectivity index (χ1) is 14.6. The fraction of sp³-hybridized carbons (Fsp3) is 0.130. The van der Waals surface area contributed by atoms with Crippen LogP contribution < -0.4 is 10.1 Å². The Balaban J connectivity index is 1.35. The van der Waals surface area contributed by atoms with Crippen LogP contribution in [0.1, 0.15) is 17.0 Å². The van der Waals surface area contributed by atoms with Crippen molar-refractivity contribution in [3.8, 4) is 17.4 Å². The first-order valence-corrected chi connectivity index (χ1v) is 9.54. The molecule has 30 heavy (non-hydrogen) atoms. The minimum Gasteiger partial charge on any atom is -0.438 e. The molecule has 0 aliphatic carbocycles. The summed E-state index contributed by atoms with van der Waals surface area (Å²) >= 11 is 0. The average molecular weight is 399 g/mol. The van der Waals surface area contributed by atoms with Crippen LogP contribution in [0.15, 0.2) is 73.1 Å². The number of nitrogens with one attached hydrogen (secondary N) is 1. The van der Waals surface area contributed by atoms with Gasteiger partial charge < -0.3 is 10.1 Å². The number of nitrogens with zero attached hydrogens (tertiary/aromatic N) is 4. The van der Waals surface area contributed by atoms with Gasteiger partial charge in [-0.25, -0.2) is 4.98 Å². The van der Waals surface area contributed by atoms with E-state index in [9.17, 15) is 4.79 Å². The molecule has 4 rings (SSSR count). The van der Waals surface area contributed by atoms with Crippen LogP contribution in [0.3, 0.4) is 0 Å². The van der Waals surface area contributed by atoms with E-state index in [4.69, 9.17) is 4.74 Å². The van der Waals surface area contributed by atoms with Gasteiger partial charge in [-0.3, -0.25) is 9.36 Å². The topological polar surface area (TPSA) is 81.9 Å². The lowest BCUT2D eigenvalue weighted by atomic mass is 10.1. The second-order valence-corrected chi connectivity index (χ2v) is 6.91. The van der Waals surface area contributed by atoms with Crippen molar-refractivity contribution in [2.45, 2.75) is 20.3 Å². The third kappa shape index (κ3) is 4.70. The van der Waals surface area contributed by atoms with Crippen LogP contribution in [0.2, 0.25) is 0 Å². The zero-order valence-electron chi connectivity index (χ0n) is 16.7. The normalized spacial score (nSPS) is 10.6. The second-order valence-electron chi connectivity index (χ2n) is 6.91. The van der Waals surface area contributed by atoms with Gasteiger partial charge in [0.05, 0.1) is 6.42 Å². The van der Waals surface area contributed by atoms with Gasteiger partial charge in [0.1, 0.15) is 11.6 Å². The molecule has 7 nitrogen and oxygen atoms in total. The van der Waals surface area contributed by atoms with E-state index in [0.717, 1.165) is 17.0 Å². The molecule has 0 saturated heterocycles. The lowest BCUT2D eigenvalue weighted by Crippen LogP contribution is -2.14. The van der Waals surface area contributed by atoms with E-state index in [-0.39, 0.29) is 5.91 Å². The average Bonchev–Trinajstić information content (AvgIpc) is 3.16. The Morgan fingerprint density at radius 2 is 1.87 bits per heavy atom. The molecule has 1 N–H and O–H groups in total. The number of aromatic nitrogens is 4. The maximum absolute atomic E-state index is 12.3. The molecule has 0 bridgehead atoms. The molecule has 2 aromatic heterocycles. The molecule has 2 heterocycles. The van der Waals surface area contributed by atoms with Crippen molar-refractivity contribution < 1.29 is 9.53 Å². The summed E-state index contributed by atoms with van der Waals surface area (Å²) in [6.07, 6.45) is 3.87. The minimum absolute atomic E-state index is 0.0643. The van der Waals surface area contributed by atoms with Crippen molar-refractivity contribution in [2.75, 3.05) is 5.32 Å². The molecule has 0 fully saturated rings. The van der Waals surface area contributed by atoms with Crippen LogP contribution in [0.5, 0.6) is 11.6 Å². The first-order valence-electron chi connectivity index (χ1n) is 9.54. The molecule has 1 amide bonds. The van der Waals surface area contributed by atoms with Gasteiger partial charge in [-0.05, 0) is 49.7 Å². The Hall–Kier alpha value is -4.00. The van der Waals surface area contributed by atoms with Crippen molar-refractivity contribution in [1.29, 1.82) is 0 Å². The number of ether oxygens (including phenoxy) is 1. The first kappa shape index (κ1) is 19.3. The largest absolute Gasteiger partial charge is 0.438 e. The Labute approximate surface area is 174 Å². The Morgan fingerprint density at radius 1 is 1.03 bits per heavy atom. The van der Waals surface area contributed by atoms with E-state index < -0.39 is 0 Å². The molecule has 0 spiro atoms. The maximum Gasteiger partial charge on any atom is 0.238 e. The van der Waals surface area contributed by atoms with Gasteiger partial charge >= 0.3 is 0 Å². The molecular weight excluding hydrogens is 378 g/mol. The van der Waals surface area contributed by atoms with Crippen molar-refractivity contribution in [3.63, 3.8) is 0 Å². The quantitative estimate of drug-likeness (QED) is 0.524. The van der Waals surface area contributed by atoms with Crippen LogP contribution in [0.25, 0.3) is 5.82 Å². The van der Waals surface area contributed by atoms with Crippen molar-refractivity contribution >= 4 is 11.6 Å². The van der Waals surface area contributed by atoms with Gasteiger partial charge in [0.25, 0.3) is 0 Å². The Morgan fingerprint density at radius 3 is 2.53 bits per heavy atom. The van der Waals surface area contributed by atoms with Gasteiger partial charge in [-0.2, -0.15) is 0 Å². The highest BCUT2D eigenvalue weighted by Crippen LogP contribution is 2.22. The summed E-state index contributed by atoms with van der Waals surface area (Å²) in [7, 11) is 0. The lowest BCUT2D eigenvalue weighted by molar-refractivity contribution is -0.115. The second kappa shape index (κ2) is 8.57. The zero-order valence-corrected chi connectivity index (χ0v) is 16.7. The minimum atomic E-state index is -0.0643. The molecule has 7 heteroatoms. The van der Waals surface area contributed by atoms with E-state index in [0.29, 0.717) is 29.6 Å². The summed E-state index contributed by atoms with van der Waals surface area (Å²) in [6, 6.07) is 18.6. The lowest BCUT2D eigenvalue weighted by Gasteiger charge is -2.08. The number of amides is 1. The maximum atomic E-state index is 12.3. The van der Waals surface area contributed by atoms with Crippen molar-refractivity contribution in [2.24, 2.45) is 0 Å². The van der Waals surface area contributed by atoms with Crippen LogP contribution in [0, 0.1) is 13.8 Å². The summed E-state index contributed by atoms with van der Waals surface area (Å²) in [4.78, 5) is 16.4. The third-order valence-electron chi connectivity index (χ3n) is 4.51. The molecule has 0 aliphatic rings. The molecule has 0 saturated carbocycles. The molecular formula is C23H21N5O2. The molecule has 4 aromatic rings. The number of hydrogen-bond acceptors (Lipinski definition) is 5. The van der Waals surface area contributed by atoms with Gasteiger partial charge in [0.15, 0.2) is 5.82 Å². The van der Waals surface area contributed by atoms with E-state index in [2.05, 4.69) is 20.5 Å². The summed E-state index contributed by atoms with van der Waals surface area (Å²) in [5, 5.41) is 11.2. The number of hydrogen-bond donors (Lipinski definition) is 1. The monoisotopic (exact) mass is 399 g/mol. The van der Waals surface area contributed by atoms with Crippen LogP contribution in [-0.4, -0.2) is 25.7 Å². The summed E-state index contributed by atoms with van der Waals surface area (Å²) in [5.74, 6) is 2.42. The molecule has 0 radical (unpaired) electrons. The van der Waals surface area contributed by atoms with E-state index >= 15 is 0 Å². The molecule has 0 unspecified atom stereocenters. The third-order valence-corrected chi connectivity index (χ3v) is 4.51. The molecule has 2 aromatic carbocycles. The Kier molecular flexibility index (Phi) is 5.52. The summed E-state index contributed by atoms with van der Waals surface area (Å²) in [5.41, 5.74) is 2.83. The van der Waals surface area contributed by atoms with Crippen molar-refractivity contribution in [3.05, 3.63) is 90.0 Å². The number of aryl methyl sites for hydroxylation is 2. The van der Waals surface area contributed by atoms with Crippen LogP contribution >= 0.6 is 0 Å². The van der Waals surface area contributed by atoms with Crippen LogP contribution in [-0.2, 0) is 11.2 Å². The van der Waals surface area contributed by atoms with Gasteiger partial charge in [0, 0.05) is 24.1 Å².